The van der Waals surface area contributed by atoms with Gasteiger partial charge in [-0.3, -0.25) is 9.79 Å². The quantitative estimate of drug-likeness (QED) is 0.569. The summed E-state index contributed by atoms with van der Waals surface area (Å²) >= 11 is 0. The predicted octanol–water partition coefficient (Wildman–Crippen LogP) is 5.14. The molecule has 180 valence electrons. The van der Waals surface area contributed by atoms with Crippen molar-refractivity contribution in [3.63, 3.8) is 0 Å². The normalized spacial score (nSPS) is 20.1. The predicted molar refractivity (Wildman–Crippen MR) is 134 cm³/mol. The van der Waals surface area contributed by atoms with E-state index in [2.05, 4.69) is 16.0 Å². The Kier molecular flexibility index (Phi) is 7.41. The maximum atomic E-state index is 13.5. The molecule has 3 heterocycles. The summed E-state index contributed by atoms with van der Waals surface area (Å²) in [4.78, 5) is 26.2. The van der Waals surface area contributed by atoms with Crippen molar-refractivity contribution in [2.24, 2.45) is 10.4 Å². The minimum atomic E-state index is -0.567. The van der Waals surface area contributed by atoms with Gasteiger partial charge < -0.3 is 14.5 Å². The number of pyridine rings is 1. The van der Waals surface area contributed by atoms with E-state index in [1.54, 1.807) is 23.2 Å². The molecule has 7 heteroatoms. The van der Waals surface area contributed by atoms with Crippen molar-refractivity contribution >= 4 is 23.6 Å². The molecule has 0 radical (unpaired) electrons. The highest BCUT2D eigenvalue weighted by Gasteiger charge is 2.29. The number of nitrogens with zero attached hydrogens (tertiary/aromatic N) is 4. The molecule has 1 unspecified atom stereocenters. The first-order chi connectivity index (χ1) is 16.3. The molecule has 1 saturated heterocycles. The number of dihydropyridines is 1. The van der Waals surface area contributed by atoms with Crippen LogP contribution in [0.3, 0.4) is 0 Å². The van der Waals surface area contributed by atoms with E-state index in [0.29, 0.717) is 18.8 Å². The average molecular weight is 465 g/mol. The molecule has 0 bridgehead atoms. The lowest BCUT2D eigenvalue weighted by Crippen LogP contribution is -2.39. The van der Waals surface area contributed by atoms with Crippen LogP contribution in [0.15, 0.2) is 59.7 Å². The Bertz CT molecular complexity index is 1030. The smallest absolute Gasteiger partial charge is 0.232 e. The number of halogens is 1. The van der Waals surface area contributed by atoms with Crippen LogP contribution in [-0.4, -0.2) is 42.5 Å². The molecule has 2 atom stereocenters. The zero-order valence-corrected chi connectivity index (χ0v) is 20.2. The van der Waals surface area contributed by atoms with Gasteiger partial charge in [0.15, 0.2) is 6.23 Å². The number of carbonyl (C=O) groups excluding carboxylic acids is 1. The molecule has 4 rings (SSSR count). The van der Waals surface area contributed by atoms with E-state index in [4.69, 9.17) is 9.72 Å². The summed E-state index contributed by atoms with van der Waals surface area (Å²) in [6.07, 6.45) is 10.5. The van der Waals surface area contributed by atoms with E-state index in [0.717, 1.165) is 37.2 Å². The van der Waals surface area contributed by atoms with Crippen molar-refractivity contribution in [3.8, 4) is 0 Å². The van der Waals surface area contributed by atoms with E-state index in [1.807, 2.05) is 45.2 Å². The third kappa shape index (κ3) is 5.89. The van der Waals surface area contributed by atoms with Gasteiger partial charge in [0, 0.05) is 36.5 Å². The summed E-state index contributed by atoms with van der Waals surface area (Å²) in [5.41, 5.74) is 1.02. The first kappa shape index (κ1) is 24.1. The lowest BCUT2D eigenvalue weighted by molar-refractivity contribution is -0.125. The number of ether oxygens (including phenoxy) is 1. The van der Waals surface area contributed by atoms with Crippen LogP contribution in [-0.2, 0) is 16.1 Å². The topological polar surface area (TPSA) is 58.0 Å². The Balaban J connectivity index is 1.44. The molecule has 1 aromatic heterocycles. The van der Waals surface area contributed by atoms with Gasteiger partial charge in [-0.15, -0.1) is 0 Å². The van der Waals surface area contributed by atoms with Crippen LogP contribution >= 0.6 is 0 Å². The fraction of sp³-hybridized carbons (Fsp3) is 0.444. The number of benzene rings is 1. The van der Waals surface area contributed by atoms with Crippen LogP contribution in [0.5, 0.6) is 0 Å². The molecule has 2 aliphatic rings. The van der Waals surface area contributed by atoms with Gasteiger partial charge in [-0.05, 0) is 54.8 Å². The lowest BCUT2D eigenvalue weighted by atomic mass is 9.94. The Morgan fingerprint density at radius 2 is 2.00 bits per heavy atom. The van der Waals surface area contributed by atoms with Crippen molar-refractivity contribution in [2.75, 3.05) is 23.0 Å². The van der Waals surface area contributed by atoms with Gasteiger partial charge in [0.05, 0.1) is 19.2 Å². The molecule has 2 aliphatic heterocycles. The minimum Gasteiger partial charge on any atom is -0.354 e. The molecule has 1 fully saturated rings. The van der Waals surface area contributed by atoms with Crippen molar-refractivity contribution in [2.45, 2.75) is 58.8 Å². The SMILES string of the molecule is CC(C)(C)C(=O)N(Cc1ccc(N2CCC[C@H]2COC2CC=CC=N2)nc1)c1ccc(F)cc1. The Hall–Kier alpha value is -3.06. The summed E-state index contributed by atoms with van der Waals surface area (Å²) < 4.78 is 19.5. The highest BCUT2D eigenvalue weighted by molar-refractivity contribution is 5.96. The summed E-state index contributed by atoms with van der Waals surface area (Å²) in [5.74, 6) is 0.561. The second kappa shape index (κ2) is 10.5. The van der Waals surface area contributed by atoms with Crippen LogP contribution in [0, 0.1) is 11.2 Å². The number of allylic oxidation sites excluding steroid dienone is 1. The maximum Gasteiger partial charge on any atom is 0.232 e. The van der Waals surface area contributed by atoms with E-state index in [9.17, 15) is 9.18 Å². The molecular formula is C27H33FN4O2. The van der Waals surface area contributed by atoms with Crippen LogP contribution in [0.4, 0.5) is 15.9 Å². The summed E-state index contributed by atoms with van der Waals surface area (Å²) in [6, 6.07) is 10.3. The van der Waals surface area contributed by atoms with E-state index < -0.39 is 5.41 Å². The number of anilines is 2. The average Bonchev–Trinajstić information content (AvgIpc) is 3.31. The molecular weight excluding hydrogens is 431 g/mol. The monoisotopic (exact) mass is 464 g/mol. The van der Waals surface area contributed by atoms with Crippen LogP contribution in [0.1, 0.15) is 45.6 Å². The zero-order chi connectivity index (χ0) is 24.1. The second-order valence-electron chi connectivity index (χ2n) is 9.88. The van der Waals surface area contributed by atoms with E-state index in [1.165, 1.54) is 12.1 Å². The van der Waals surface area contributed by atoms with Gasteiger partial charge in [-0.1, -0.05) is 32.9 Å². The van der Waals surface area contributed by atoms with Crippen LogP contribution < -0.4 is 9.80 Å². The molecule has 1 aromatic carbocycles. The van der Waals surface area contributed by atoms with E-state index in [-0.39, 0.29) is 24.0 Å². The summed E-state index contributed by atoms with van der Waals surface area (Å²) in [5, 5.41) is 0. The molecule has 34 heavy (non-hydrogen) atoms. The molecule has 2 aromatic rings. The lowest BCUT2D eigenvalue weighted by Gasteiger charge is -2.30. The third-order valence-electron chi connectivity index (χ3n) is 6.14. The minimum absolute atomic E-state index is 0.0276. The summed E-state index contributed by atoms with van der Waals surface area (Å²) in [6.45, 7) is 7.60. The Morgan fingerprint density at radius 1 is 1.21 bits per heavy atom. The van der Waals surface area contributed by atoms with Gasteiger partial charge in [0.2, 0.25) is 5.91 Å². The highest BCUT2D eigenvalue weighted by atomic mass is 19.1. The van der Waals surface area contributed by atoms with Crippen LogP contribution in [0.25, 0.3) is 0 Å². The molecule has 0 saturated carbocycles. The number of hydrogen-bond donors (Lipinski definition) is 0. The second-order valence-corrected chi connectivity index (χ2v) is 9.88. The largest absolute Gasteiger partial charge is 0.354 e. The van der Waals surface area contributed by atoms with Crippen LogP contribution in [0.2, 0.25) is 0 Å². The zero-order valence-electron chi connectivity index (χ0n) is 20.2. The van der Waals surface area contributed by atoms with Gasteiger partial charge in [0.25, 0.3) is 0 Å². The number of aromatic nitrogens is 1. The fourth-order valence-corrected chi connectivity index (χ4v) is 4.28. The van der Waals surface area contributed by atoms with Gasteiger partial charge in [-0.2, -0.15) is 0 Å². The molecule has 0 spiro atoms. The van der Waals surface area contributed by atoms with E-state index >= 15 is 0 Å². The van der Waals surface area contributed by atoms with Crippen molar-refractivity contribution in [1.82, 2.24) is 4.98 Å². The number of carbonyl (C=O) groups is 1. The first-order valence-corrected chi connectivity index (χ1v) is 11.9. The van der Waals surface area contributed by atoms with Gasteiger partial charge >= 0.3 is 0 Å². The maximum absolute atomic E-state index is 13.5. The van der Waals surface area contributed by atoms with Crippen molar-refractivity contribution < 1.29 is 13.9 Å². The highest BCUT2D eigenvalue weighted by Crippen LogP contribution is 2.28. The molecule has 0 aliphatic carbocycles. The molecule has 6 nitrogen and oxygen atoms in total. The van der Waals surface area contributed by atoms with Crippen molar-refractivity contribution in [3.05, 3.63) is 66.1 Å². The first-order valence-electron chi connectivity index (χ1n) is 11.9. The molecule has 0 N–H and O–H groups in total. The number of rotatable bonds is 7. The van der Waals surface area contributed by atoms with Crippen molar-refractivity contribution in [1.29, 1.82) is 0 Å². The van der Waals surface area contributed by atoms with Gasteiger partial charge in [0.1, 0.15) is 11.6 Å². The third-order valence-corrected chi connectivity index (χ3v) is 6.14. The Morgan fingerprint density at radius 3 is 2.65 bits per heavy atom. The Labute approximate surface area is 201 Å². The standard InChI is InChI=1S/C27H33FN4O2/c1-27(2,3)26(33)32(22-12-10-21(28)11-13-22)18-20-9-14-24(30-17-20)31-16-6-7-23(31)19-34-25-8-4-5-15-29-25/h4-5,9-15,17,23,25H,6-8,16,18-19H2,1-3H3/t23-,25?/m0/s1. The number of amides is 1. The fourth-order valence-electron chi connectivity index (χ4n) is 4.28. The van der Waals surface area contributed by atoms with Gasteiger partial charge in [-0.25, -0.2) is 9.37 Å². The number of aliphatic imine (C=N–C) groups is 1. The number of hydrogen-bond acceptors (Lipinski definition) is 5. The summed E-state index contributed by atoms with van der Waals surface area (Å²) in [7, 11) is 0. The molecule has 1 amide bonds.